The van der Waals surface area contributed by atoms with E-state index in [9.17, 15) is 4.79 Å². The van der Waals surface area contributed by atoms with Gasteiger partial charge < -0.3 is 10.5 Å². The van der Waals surface area contributed by atoms with E-state index < -0.39 is 6.04 Å². The van der Waals surface area contributed by atoms with Crippen molar-refractivity contribution in [2.45, 2.75) is 38.3 Å². The van der Waals surface area contributed by atoms with Crippen LogP contribution < -0.4 is 5.73 Å². The molecule has 1 saturated carbocycles. The average molecular weight is 233 g/mol. The molecule has 0 aromatic heterocycles. The molecule has 1 aliphatic rings. The SMILES string of the molecule is N[C@H](C(=O)OCc1ccccc1)C1CCCC1. The van der Waals surface area contributed by atoms with Gasteiger partial charge in [0.1, 0.15) is 12.6 Å². The average Bonchev–Trinajstić information content (AvgIpc) is 2.90. The third-order valence-electron chi connectivity index (χ3n) is 3.40. The van der Waals surface area contributed by atoms with Gasteiger partial charge in [-0.1, -0.05) is 43.2 Å². The van der Waals surface area contributed by atoms with Crippen LogP contribution in [0.2, 0.25) is 0 Å². The second-order valence-electron chi connectivity index (χ2n) is 4.66. The van der Waals surface area contributed by atoms with Gasteiger partial charge in [0.25, 0.3) is 0 Å². The molecule has 0 unspecified atom stereocenters. The van der Waals surface area contributed by atoms with Gasteiger partial charge >= 0.3 is 5.97 Å². The van der Waals surface area contributed by atoms with Crippen LogP contribution in [0.4, 0.5) is 0 Å². The monoisotopic (exact) mass is 233 g/mol. The molecular weight excluding hydrogens is 214 g/mol. The van der Waals surface area contributed by atoms with Crippen LogP contribution in [0.3, 0.4) is 0 Å². The molecule has 1 aliphatic carbocycles. The molecule has 1 aromatic carbocycles. The van der Waals surface area contributed by atoms with Crippen LogP contribution in [0.15, 0.2) is 30.3 Å². The first-order valence-corrected chi connectivity index (χ1v) is 6.23. The fraction of sp³-hybridized carbons (Fsp3) is 0.500. The van der Waals surface area contributed by atoms with Crippen molar-refractivity contribution in [3.63, 3.8) is 0 Å². The predicted molar refractivity (Wildman–Crippen MR) is 66.2 cm³/mol. The minimum absolute atomic E-state index is 0.263. The zero-order chi connectivity index (χ0) is 12.1. The number of hydrogen-bond acceptors (Lipinski definition) is 3. The van der Waals surface area contributed by atoms with Crippen LogP contribution in [0.1, 0.15) is 31.2 Å². The van der Waals surface area contributed by atoms with Gasteiger partial charge in [-0.2, -0.15) is 0 Å². The Kier molecular flexibility index (Phi) is 4.15. The summed E-state index contributed by atoms with van der Waals surface area (Å²) in [5.41, 5.74) is 6.91. The molecule has 0 bridgehead atoms. The standard InChI is InChI=1S/C14H19NO2/c15-13(12-8-4-5-9-12)14(16)17-10-11-6-2-1-3-7-11/h1-3,6-7,12-13H,4-5,8-10,15H2/t13-/m0/s1. The van der Waals surface area contributed by atoms with Crippen molar-refractivity contribution in [2.24, 2.45) is 11.7 Å². The predicted octanol–water partition coefficient (Wildman–Crippen LogP) is 2.25. The van der Waals surface area contributed by atoms with Crippen molar-refractivity contribution in [3.8, 4) is 0 Å². The third-order valence-corrected chi connectivity index (χ3v) is 3.40. The van der Waals surface area contributed by atoms with Crippen LogP contribution in [0.5, 0.6) is 0 Å². The normalized spacial score (nSPS) is 17.9. The summed E-state index contributed by atoms with van der Waals surface area (Å²) in [4.78, 5) is 11.8. The molecule has 2 N–H and O–H groups in total. The number of hydrogen-bond donors (Lipinski definition) is 1. The number of carbonyl (C=O) groups excluding carboxylic acids is 1. The van der Waals surface area contributed by atoms with Crippen molar-refractivity contribution in [1.29, 1.82) is 0 Å². The number of ether oxygens (including phenoxy) is 1. The van der Waals surface area contributed by atoms with Crippen molar-refractivity contribution >= 4 is 5.97 Å². The van der Waals surface area contributed by atoms with E-state index in [1.807, 2.05) is 30.3 Å². The Hall–Kier alpha value is -1.35. The number of nitrogens with two attached hydrogens (primary N) is 1. The summed E-state index contributed by atoms with van der Waals surface area (Å²) in [6.07, 6.45) is 4.48. The lowest BCUT2D eigenvalue weighted by Gasteiger charge is -2.17. The van der Waals surface area contributed by atoms with Gasteiger partial charge in [-0.3, -0.25) is 4.79 Å². The topological polar surface area (TPSA) is 52.3 Å². The zero-order valence-electron chi connectivity index (χ0n) is 9.97. The van der Waals surface area contributed by atoms with E-state index >= 15 is 0 Å². The first kappa shape index (κ1) is 12.1. The molecule has 0 saturated heterocycles. The van der Waals surface area contributed by atoms with Gasteiger partial charge in [-0.15, -0.1) is 0 Å². The third kappa shape index (κ3) is 3.30. The van der Waals surface area contributed by atoms with Crippen LogP contribution in [0.25, 0.3) is 0 Å². The van der Waals surface area contributed by atoms with E-state index in [0.717, 1.165) is 18.4 Å². The maximum absolute atomic E-state index is 11.8. The molecule has 3 nitrogen and oxygen atoms in total. The minimum atomic E-state index is -0.443. The van der Waals surface area contributed by atoms with Crippen molar-refractivity contribution in [3.05, 3.63) is 35.9 Å². The van der Waals surface area contributed by atoms with E-state index in [-0.39, 0.29) is 5.97 Å². The van der Waals surface area contributed by atoms with Crippen LogP contribution >= 0.6 is 0 Å². The number of benzene rings is 1. The molecule has 2 rings (SSSR count). The Labute approximate surface area is 102 Å². The molecule has 1 aromatic rings. The lowest BCUT2D eigenvalue weighted by Crippen LogP contribution is -2.38. The smallest absolute Gasteiger partial charge is 0.323 e. The molecule has 0 radical (unpaired) electrons. The summed E-state index contributed by atoms with van der Waals surface area (Å²) in [5.74, 6) is 0.0547. The maximum atomic E-state index is 11.8. The van der Waals surface area contributed by atoms with Gasteiger partial charge in [0, 0.05) is 0 Å². The highest BCUT2D eigenvalue weighted by atomic mass is 16.5. The van der Waals surface area contributed by atoms with Gasteiger partial charge in [0.2, 0.25) is 0 Å². The number of carbonyl (C=O) groups is 1. The van der Waals surface area contributed by atoms with E-state index in [4.69, 9.17) is 10.5 Å². The first-order chi connectivity index (χ1) is 8.27. The minimum Gasteiger partial charge on any atom is -0.460 e. The van der Waals surface area contributed by atoms with E-state index in [0.29, 0.717) is 12.5 Å². The fourth-order valence-electron chi connectivity index (χ4n) is 2.33. The van der Waals surface area contributed by atoms with E-state index in [1.54, 1.807) is 0 Å². The molecule has 17 heavy (non-hydrogen) atoms. The van der Waals surface area contributed by atoms with Crippen molar-refractivity contribution in [2.75, 3.05) is 0 Å². The highest BCUT2D eigenvalue weighted by Gasteiger charge is 2.28. The Bertz CT molecular complexity index is 358. The highest BCUT2D eigenvalue weighted by molar-refractivity contribution is 5.75. The zero-order valence-corrected chi connectivity index (χ0v) is 9.97. The fourth-order valence-corrected chi connectivity index (χ4v) is 2.33. The molecule has 1 fully saturated rings. The number of esters is 1. The van der Waals surface area contributed by atoms with Gasteiger partial charge in [0.05, 0.1) is 0 Å². The summed E-state index contributed by atoms with van der Waals surface area (Å²) >= 11 is 0. The van der Waals surface area contributed by atoms with E-state index in [1.165, 1.54) is 12.8 Å². The van der Waals surface area contributed by atoms with Gasteiger partial charge in [-0.05, 0) is 24.3 Å². The van der Waals surface area contributed by atoms with Crippen molar-refractivity contribution in [1.82, 2.24) is 0 Å². The summed E-state index contributed by atoms with van der Waals surface area (Å²) in [5, 5.41) is 0. The second kappa shape index (κ2) is 5.82. The Morgan fingerprint density at radius 1 is 1.29 bits per heavy atom. The molecule has 3 heteroatoms. The Morgan fingerprint density at radius 2 is 1.94 bits per heavy atom. The summed E-state index contributed by atoms with van der Waals surface area (Å²) in [6.45, 7) is 0.320. The van der Waals surface area contributed by atoms with Gasteiger partial charge in [0.15, 0.2) is 0 Å². The molecule has 92 valence electrons. The summed E-state index contributed by atoms with van der Waals surface area (Å²) in [6, 6.07) is 9.24. The molecular formula is C14H19NO2. The summed E-state index contributed by atoms with van der Waals surface area (Å²) < 4.78 is 5.24. The molecule has 0 spiro atoms. The Morgan fingerprint density at radius 3 is 2.59 bits per heavy atom. The largest absolute Gasteiger partial charge is 0.460 e. The lowest BCUT2D eigenvalue weighted by atomic mass is 9.99. The number of rotatable bonds is 4. The summed E-state index contributed by atoms with van der Waals surface area (Å²) in [7, 11) is 0. The highest BCUT2D eigenvalue weighted by Crippen LogP contribution is 2.27. The van der Waals surface area contributed by atoms with Gasteiger partial charge in [-0.25, -0.2) is 0 Å². The van der Waals surface area contributed by atoms with Crippen LogP contribution in [0, 0.1) is 5.92 Å². The molecule has 1 atom stereocenters. The lowest BCUT2D eigenvalue weighted by molar-refractivity contribution is -0.147. The first-order valence-electron chi connectivity index (χ1n) is 6.23. The molecule has 0 aliphatic heterocycles. The Balaban J connectivity index is 1.80. The maximum Gasteiger partial charge on any atom is 0.323 e. The quantitative estimate of drug-likeness (QED) is 0.811. The van der Waals surface area contributed by atoms with Crippen LogP contribution in [-0.4, -0.2) is 12.0 Å². The van der Waals surface area contributed by atoms with Crippen molar-refractivity contribution < 1.29 is 9.53 Å². The van der Waals surface area contributed by atoms with E-state index in [2.05, 4.69) is 0 Å². The second-order valence-corrected chi connectivity index (χ2v) is 4.66. The van der Waals surface area contributed by atoms with Crippen LogP contribution in [-0.2, 0) is 16.1 Å². The molecule has 0 amide bonds. The molecule has 0 heterocycles.